The van der Waals surface area contributed by atoms with Crippen LogP contribution in [0.25, 0.3) is 11.0 Å². The van der Waals surface area contributed by atoms with Gasteiger partial charge in [0, 0.05) is 13.1 Å². The first-order valence-corrected chi connectivity index (χ1v) is 8.38. The Hall–Kier alpha value is -2.53. The Kier molecular flexibility index (Phi) is 4.09. The van der Waals surface area contributed by atoms with Crippen LogP contribution >= 0.6 is 0 Å². The van der Waals surface area contributed by atoms with Crippen molar-refractivity contribution < 1.29 is 9.47 Å². The second kappa shape index (κ2) is 6.53. The van der Waals surface area contributed by atoms with E-state index < -0.39 is 0 Å². The average molecular weight is 323 g/mol. The van der Waals surface area contributed by atoms with Crippen LogP contribution in [-0.4, -0.2) is 28.8 Å². The zero-order chi connectivity index (χ0) is 16.4. The molecule has 1 aromatic heterocycles. The van der Waals surface area contributed by atoms with E-state index in [-0.39, 0.29) is 6.10 Å². The number of hydrogen-bond acceptors (Lipinski definition) is 4. The van der Waals surface area contributed by atoms with Crippen molar-refractivity contribution in [3.8, 4) is 11.5 Å². The van der Waals surface area contributed by atoms with Crippen molar-refractivity contribution in [3.63, 3.8) is 0 Å². The highest BCUT2D eigenvalue weighted by Gasteiger charge is 2.20. The summed E-state index contributed by atoms with van der Waals surface area (Å²) in [6.45, 7) is 5.06. The number of imidazole rings is 1. The third-order valence-electron chi connectivity index (χ3n) is 4.27. The molecule has 0 unspecified atom stereocenters. The van der Waals surface area contributed by atoms with Gasteiger partial charge in [0.25, 0.3) is 0 Å². The molecule has 0 spiro atoms. The highest BCUT2D eigenvalue weighted by molar-refractivity contribution is 5.75. The number of aryl methyl sites for hydroxylation is 1. The van der Waals surface area contributed by atoms with Crippen molar-refractivity contribution in [1.82, 2.24) is 14.9 Å². The molecule has 2 aromatic carbocycles. The van der Waals surface area contributed by atoms with Gasteiger partial charge < -0.3 is 19.4 Å². The molecule has 0 saturated carbocycles. The number of benzene rings is 2. The number of rotatable bonds is 5. The monoisotopic (exact) mass is 323 g/mol. The van der Waals surface area contributed by atoms with Crippen molar-refractivity contribution in [2.45, 2.75) is 26.1 Å². The lowest BCUT2D eigenvalue weighted by molar-refractivity contribution is 0.0900. The summed E-state index contributed by atoms with van der Waals surface area (Å²) in [4.78, 5) is 4.73. The Balaban J connectivity index is 1.40. The van der Waals surface area contributed by atoms with Gasteiger partial charge in [0.2, 0.25) is 0 Å². The molecule has 0 radical (unpaired) electrons. The van der Waals surface area contributed by atoms with Crippen molar-refractivity contribution in [1.29, 1.82) is 0 Å². The molecular formula is C19H21N3O2. The van der Waals surface area contributed by atoms with Gasteiger partial charge in [0.1, 0.15) is 18.5 Å². The molecule has 0 bridgehead atoms. The van der Waals surface area contributed by atoms with Gasteiger partial charge in [0.15, 0.2) is 11.5 Å². The molecule has 5 heteroatoms. The largest absolute Gasteiger partial charge is 0.486 e. The molecule has 3 aromatic rings. The smallest absolute Gasteiger partial charge is 0.161 e. The Morgan fingerprint density at radius 3 is 2.79 bits per heavy atom. The Morgan fingerprint density at radius 2 is 1.92 bits per heavy atom. The summed E-state index contributed by atoms with van der Waals surface area (Å²) in [5.41, 5.74) is 2.23. The highest BCUT2D eigenvalue weighted by atomic mass is 16.6. The fraction of sp³-hybridized carbons (Fsp3) is 0.316. The second-order valence-electron chi connectivity index (χ2n) is 5.89. The van der Waals surface area contributed by atoms with Gasteiger partial charge in [-0.1, -0.05) is 24.3 Å². The van der Waals surface area contributed by atoms with Crippen molar-refractivity contribution in [3.05, 3.63) is 54.4 Å². The van der Waals surface area contributed by atoms with Gasteiger partial charge in [-0.3, -0.25) is 0 Å². The number of nitrogens with one attached hydrogen (secondary N) is 1. The Bertz CT molecular complexity index is 843. The van der Waals surface area contributed by atoms with Crippen LogP contribution in [0.4, 0.5) is 0 Å². The summed E-state index contributed by atoms with van der Waals surface area (Å²) in [7, 11) is 0. The maximum absolute atomic E-state index is 5.97. The number of nitrogens with zero attached hydrogens (tertiary/aromatic N) is 2. The van der Waals surface area contributed by atoms with Gasteiger partial charge in [-0.25, -0.2) is 4.98 Å². The third-order valence-corrected chi connectivity index (χ3v) is 4.27. The van der Waals surface area contributed by atoms with Gasteiger partial charge in [-0.15, -0.1) is 0 Å². The molecule has 0 aliphatic carbocycles. The van der Waals surface area contributed by atoms with Gasteiger partial charge in [-0.05, 0) is 31.2 Å². The number of para-hydroxylation sites is 4. The van der Waals surface area contributed by atoms with Crippen LogP contribution < -0.4 is 14.8 Å². The molecule has 2 heterocycles. The lowest BCUT2D eigenvalue weighted by atomic mass is 10.2. The maximum atomic E-state index is 5.97. The SMILES string of the molecule is CCn1c(CNC[C@H]2COc3ccccc3O2)nc2ccccc21. The summed E-state index contributed by atoms with van der Waals surface area (Å²) in [5, 5.41) is 3.45. The van der Waals surface area contributed by atoms with Gasteiger partial charge >= 0.3 is 0 Å². The fourth-order valence-electron chi connectivity index (χ4n) is 3.12. The molecule has 124 valence electrons. The molecule has 0 fully saturated rings. The number of aromatic nitrogens is 2. The van der Waals surface area contributed by atoms with E-state index in [4.69, 9.17) is 14.5 Å². The lowest BCUT2D eigenvalue weighted by Gasteiger charge is -2.26. The minimum atomic E-state index is 0.0133. The predicted molar refractivity (Wildman–Crippen MR) is 93.5 cm³/mol. The number of hydrogen-bond donors (Lipinski definition) is 1. The van der Waals surface area contributed by atoms with Crippen LogP contribution in [0.2, 0.25) is 0 Å². The van der Waals surface area contributed by atoms with E-state index in [1.165, 1.54) is 5.52 Å². The summed E-state index contributed by atoms with van der Waals surface area (Å²) in [5.74, 6) is 2.69. The second-order valence-corrected chi connectivity index (χ2v) is 5.89. The molecule has 1 aliphatic rings. The number of ether oxygens (including phenoxy) is 2. The maximum Gasteiger partial charge on any atom is 0.161 e. The minimum absolute atomic E-state index is 0.0133. The molecule has 1 aliphatic heterocycles. The lowest BCUT2D eigenvalue weighted by Crippen LogP contribution is -2.38. The van der Waals surface area contributed by atoms with Crippen LogP contribution in [0.3, 0.4) is 0 Å². The van der Waals surface area contributed by atoms with Crippen LogP contribution in [0, 0.1) is 0 Å². The topological polar surface area (TPSA) is 48.3 Å². The molecule has 0 amide bonds. The Labute approximate surface area is 141 Å². The van der Waals surface area contributed by atoms with Crippen molar-refractivity contribution in [2.24, 2.45) is 0 Å². The zero-order valence-corrected chi connectivity index (χ0v) is 13.7. The first-order valence-electron chi connectivity index (χ1n) is 8.38. The molecule has 1 atom stereocenters. The van der Waals surface area contributed by atoms with Crippen molar-refractivity contribution in [2.75, 3.05) is 13.2 Å². The molecule has 24 heavy (non-hydrogen) atoms. The minimum Gasteiger partial charge on any atom is -0.486 e. The standard InChI is InChI=1S/C19H21N3O2/c1-2-22-16-8-4-3-7-15(16)21-19(22)12-20-11-14-13-23-17-9-5-6-10-18(17)24-14/h3-10,14,20H,2,11-13H2,1H3/t14-/m0/s1. The molecular weight excluding hydrogens is 302 g/mol. The average Bonchev–Trinajstić information content (AvgIpc) is 2.99. The van der Waals surface area contributed by atoms with E-state index in [1.807, 2.05) is 30.3 Å². The molecule has 5 nitrogen and oxygen atoms in total. The predicted octanol–water partition coefficient (Wildman–Crippen LogP) is 2.99. The van der Waals surface area contributed by atoms with E-state index in [0.717, 1.165) is 35.9 Å². The highest BCUT2D eigenvalue weighted by Crippen LogP contribution is 2.30. The van der Waals surface area contributed by atoms with Crippen LogP contribution in [0.5, 0.6) is 11.5 Å². The summed E-state index contributed by atoms with van der Waals surface area (Å²) in [6.07, 6.45) is 0.0133. The van der Waals surface area contributed by atoms with Crippen LogP contribution in [-0.2, 0) is 13.1 Å². The van der Waals surface area contributed by atoms with Gasteiger partial charge in [-0.2, -0.15) is 0 Å². The van der Waals surface area contributed by atoms with Gasteiger partial charge in [0.05, 0.1) is 17.6 Å². The van der Waals surface area contributed by atoms with Crippen LogP contribution in [0.1, 0.15) is 12.7 Å². The van der Waals surface area contributed by atoms with Crippen LogP contribution in [0.15, 0.2) is 48.5 Å². The Morgan fingerprint density at radius 1 is 1.12 bits per heavy atom. The van der Waals surface area contributed by atoms with E-state index >= 15 is 0 Å². The third kappa shape index (κ3) is 2.83. The van der Waals surface area contributed by atoms with E-state index in [0.29, 0.717) is 13.2 Å². The first kappa shape index (κ1) is 15.0. The molecule has 4 rings (SSSR count). The van der Waals surface area contributed by atoms with E-state index in [9.17, 15) is 0 Å². The quantitative estimate of drug-likeness (QED) is 0.784. The molecule has 0 saturated heterocycles. The van der Waals surface area contributed by atoms with E-state index in [2.05, 4.69) is 35.0 Å². The zero-order valence-electron chi connectivity index (χ0n) is 13.7. The summed E-state index contributed by atoms with van der Waals surface area (Å²) in [6, 6.07) is 16.0. The van der Waals surface area contributed by atoms with Crippen molar-refractivity contribution >= 4 is 11.0 Å². The summed E-state index contributed by atoms with van der Waals surface area (Å²) < 4.78 is 14.0. The number of fused-ring (bicyclic) bond motifs is 2. The normalized spacial score (nSPS) is 16.5. The summed E-state index contributed by atoms with van der Waals surface area (Å²) >= 11 is 0. The molecule has 1 N–H and O–H groups in total. The first-order chi connectivity index (χ1) is 11.8. The van der Waals surface area contributed by atoms with E-state index in [1.54, 1.807) is 0 Å². The fourth-order valence-corrected chi connectivity index (χ4v) is 3.12.